The van der Waals surface area contributed by atoms with Crippen molar-refractivity contribution in [2.75, 3.05) is 20.1 Å². The predicted molar refractivity (Wildman–Crippen MR) is 73.5 cm³/mol. The number of likely N-dealkylation sites (N-methyl/N-ethyl adjacent to an activating group) is 1. The standard InChI is InChI=1S/C14H21ClN2/c1-11(12-5-7-13(15)8-6-12)16-10-14-4-3-9-17(14)2/h5-8,11,14,16H,3-4,9-10H2,1-2H3. The maximum atomic E-state index is 5.89. The number of nitrogens with one attached hydrogen (secondary N) is 1. The molecule has 1 aromatic rings. The van der Waals surface area contributed by atoms with Crippen LogP contribution in [-0.2, 0) is 0 Å². The summed E-state index contributed by atoms with van der Waals surface area (Å²) in [4.78, 5) is 2.45. The summed E-state index contributed by atoms with van der Waals surface area (Å²) in [7, 11) is 2.21. The van der Waals surface area contributed by atoms with Crippen LogP contribution < -0.4 is 5.32 Å². The lowest BCUT2D eigenvalue weighted by molar-refractivity contribution is 0.293. The molecule has 2 atom stereocenters. The van der Waals surface area contributed by atoms with Gasteiger partial charge in [0.2, 0.25) is 0 Å². The third-order valence-electron chi connectivity index (χ3n) is 3.70. The van der Waals surface area contributed by atoms with Gasteiger partial charge in [0.1, 0.15) is 0 Å². The zero-order valence-electron chi connectivity index (χ0n) is 10.6. The molecule has 0 aliphatic carbocycles. The van der Waals surface area contributed by atoms with Crippen molar-refractivity contribution in [1.82, 2.24) is 10.2 Å². The number of likely N-dealkylation sites (tertiary alicyclic amines) is 1. The van der Waals surface area contributed by atoms with E-state index in [1.807, 2.05) is 12.1 Å². The zero-order valence-corrected chi connectivity index (χ0v) is 11.4. The van der Waals surface area contributed by atoms with Gasteiger partial charge in [-0.2, -0.15) is 0 Å². The second kappa shape index (κ2) is 5.85. The minimum absolute atomic E-state index is 0.390. The minimum atomic E-state index is 0.390. The molecular weight excluding hydrogens is 232 g/mol. The summed E-state index contributed by atoms with van der Waals surface area (Å²) in [6, 6.07) is 9.19. The molecule has 2 unspecified atom stereocenters. The number of halogens is 1. The van der Waals surface area contributed by atoms with Gasteiger partial charge in [-0.15, -0.1) is 0 Å². The van der Waals surface area contributed by atoms with Crippen LogP contribution in [0.3, 0.4) is 0 Å². The van der Waals surface area contributed by atoms with Gasteiger partial charge in [0, 0.05) is 23.7 Å². The molecule has 1 aliphatic heterocycles. The Morgan fingerprint density at radius 2 is 2.12 bits per heavy atom. The van der Waals surface area contributed by atoms with Crippen LogP contribution in [-0.4, -0.2) is 31.1 Å². The highest BCUT2D eigenvalue weighted by Gasteiger charge is 2.20. The second-order valence-corrected chi connectivity index (χ2v) is 5.39. The number of rotatable bonds is 4. The topological polar surface area (TPSA) is 15.3 Å². The Kier molecular flexibility index (Phi) is 4.43. The van der Waals surface area contributed by atoms with Crippen LogP contribution in [0.4, 0.5) is 0 Å². The van der Waals surface area contributed by atoms with Gasteiger partial charge in [-0.1, -0.05) is 23.7 Å². The van der Waals surface area contributed by atoms with Gasteiger partial charge >= 0.3 is 0 Å². The molecule has 0 bridgehead atoms. The van der Waals surface area contributed by atoms with E-state index in [0.717, 1.165) is 11.6 Å². The summed E-state index contributed by atoms with van der Waals surface area (Å²) >= 11 is 5.89. The van der Waals surface area contributed by atoms with Crippen LogP contribution in [0, 0.1) is 0 Å². The summed E-state index contributed by atoms with van der Waals surface area (Å²) in [5, 5.41) is 4.41. The summed E-state index contributed by atoms with van der Waals surface area (Å²) in [6.07, 6.45) is 2.65. The van der Waals surface area contributed by atoms with Crippen LogP contribution in [0.2, 0.25) is 5.02 Å². The Bertz CT molecular complexity index is 350. The molecule has 0 amide bonds. The summed E-state index contributed by atoms with van der Waals surface area (Å²) in [6.45, 7) is 4.51. The quantitative estimate of drug-likeness (QED) is 0.886. The van der Waals surface area contributed by atoms with Crippen molar-refractivity contribution in [3.63, 3.8) is 0 Å². The average Bonchev–Trinajstić information content (AvgIpc) is 2.73. The lowest BCUT2D eigenvalue weighted by Crippen LogP contribution is -2.36. The van der Waals surface area contributed by atoms with E-state index < -0.39 is 0 Å². The van der Waals surface area contributed by atoms with E-state index in [-0.39, 0.29) is 0 Å². The summed E-state index contributed by atoms with van der Waals surface area (Å²) in [5.41, 5.74) is 1.30. The molecule has 3 heteroatoms. The Hall–Kier alpha value is -0.570. The number of hydrogen-bond acceptors (Lipinski definition) is 2. The molecule has 2 rings (SSSR count). The van der Waals surface area contributed by atoms with E-state index in [4.69, 9.17) is 11.6 Å². The van der Waals surface area contributed by atoms with E-state index in [0.29, 0.717) is 12.1 Å². The van der Waals surface area contributed by atoms with Gasteiger partial charge in [0.05, 0.1) is 0 Å². The molecule has 2 nitrogen and oxygen atoms in total. The zero-order chi connectivity index (χ0) is 12.3. The summed E-state index contributed by atoms with van der Waals surface area (Å²) in [5.74, 6) is 0. The highest BCUT2D eigenvalue weighted by atomic mass is 35.5. The van der Waals surface area contributed by atoms with Crippen LogP contribution in [0.25, 0.3) is 0 Å². The first-order chi connectivity index (χ1) is 8.16. The lowest BCUT2D eigenvalue weighted by Gasteiger charge is -2.22. The Labute approximate surface area is 109 Å². The maximum absolute atomic E-state index is 5.89. The largest absolute Gasteiger partial charge is 0.309 e. The fourth-order valence-corrected chi connectivity index (χ4v) is 2.55. The van der Waals surface area contributed by atoms with Gasteiger partial charge in [0.15, 0.2) is 0 Å². The smallest absolute Gasteiger partial charge is 0.0406 e. The minimum Gasteiger partial charge on any atom is -0.309 e. The first-order valence-electron chi connectivity index (χ1n) is 6.36. The normalized spacial score (nSPS) is 22.9. The Balaban J connectivity index is 1.84. The van der Waals surface area contributed by atoms with Crippen molar-refractivity contribution in [3.8, 4) is 0 Å². The van der Waals surface area contributed by atoms with Crippen LogP contribution in [0.15, 0.2) is 24.3 Å². The van der Waals surface area contributed by atoms with E-state index in [2.05, 4.69) is 36.3 Å². The lowest BCUT2D eigenvalue weighted by atomic mass is 10.1. The number of hydrogen-bond donors (Lipinski definition) is 1. The van der Waals surface area contributed by atoms with Crippen molar-refractivity contribution in [1.29, 1.82) is 0 Å². The van der Waals surface area contributed by atoms with Crippen LogP contribution in [0.1, 0.15) is 31.4 Å². The molecule has 1 heterocycles. The van der Waals surface area contributed by atoms with Gasteiger partial charge in [-0.05, 0) is 51.1 Å². The van der Waals surface area contributed by atoms with E-state index in [9.17, 15) is 0 Å². The maximum Gasteiger partial charge on any atom is 0.0406 e. The van der Waals surface area contributed by atoms with Crippen molar-refractivity contribution in [2.24, 2.45) is 0 Å². The van der Waals surface area contributed by atoms with E-state index in [1.165, 1.54) is 24.9 Å². The Morgan fingerprint density at radius 3 is 2.71 bits per heavy atom. The fourth-order valence-electron chi connectivity index (χ4n) is 2.42. The van der Waals surface area contributed by atoms with E-state index >= 15 is 0 Å². The number of benzene rings is 1. The SMILES string of the molecule is CC(NCC1CCCN1C)c1ccc(Cl)cc1. The molecule has 0 aromatic heterocycles. The predicted octanol–water partition coefficient (Wildman–Crippen LogP) is 3.08. The molecule has 1 fully saturated rings. The molecule has 1 N–H and O–H groups in total. The van der Waals surface area contributed by atoms with Crippen molar-refractivity contribution < 1.29 is 0 Å². The van der Waals surface area contributed by atoms with Crippen molar-refractivity contribution in [3.05, 3.63) is 34.9 Å². The Morgan fingerprint density at radius 1 is 1.41 bits per heavy atom. The molecule has 0 radical (unpaired) electrons. The highest BCUT2D eigenvalue weighted by Crippen LogP contribution is 2.18. The van der Waals surface area contributed by atoms with Crippen molar-refractivity contribution in [2.45, 2.75) is 31.8 Å². The summed E-state index contributed by atoms with van der Waals surface area (Å²) < 4.78 is 0. The molecule has 1 aromatic carbocycles. The first-order valence-corrected chi connectivity index (χ1v) is 6.73. The second-order valence-electron chi connectivity index (χ2n) is 4.96. The van der Waals surface area contributed by atoms with Gasteiger partial charge in [0.25, 0.3) is 0 Å². The number of nitrogens with zero attached hydrogens (tertiary/aromatic N) is 1. The molecular formula is C14H21ClN2. The third-order valence-corrected chi connectivity index (χ3v) is 3.95. The molecule has 1 saturated heterocycles. The highest BCUT2D eigenvalue weighted by molar-refractivity contribution is 6.30. The molecule has 94 valence electrons. The van der Waals surface area contributed by atoms with Crippen molar-refractivity contribution >= 4 is 11.6 Å². The fraction of sp³-hybridized carbons (Fsp3) is 0.571. The third kappa shape index (κ3) is 3.44. The molecule has 0 spiro atoms. The first kappa shape index (κ1) is 12.9. The van der Waals surface area contributed by atoms with Gasteiger partial charge < -0.3 is 10.2 Å². The monoisotopic (exact) mass is 252 g/mol. The van der Waals surface area contributed by atoms with Gasteiger partial charge in [-0.25, -0.2) is 0 Å². The van der Waals surface area contributed by atoms with Gasteiger partial charge in [-0.3, -0.25) is 0 Å². The van der Waals surface area contributed by atoms with E-state index in [1.54, 1.807) is 0 Å². The molecule has 0 saturated carbocycles. The average molecular weight is 253 g/mol. The molecule has 1 aliphatic rings. The van der Waals surface area contributed by atoms with Crippen LogP contribution in [0.5, 0.6) is 0 Å². The van der Waals surface area contributed by atoms with Crippen LogP contribution >= 0.6 is 11.6 Å². The molecule has 17 heavy (non-hydrogen) atoms.